The molecule has 0 nitrogen and oxygen atoms in total. The summed E-state index contributed by atoms with van der Waals surface area (Å²) in [7, 11) is 8.76. The summed E-state index contributed by atoms with van der Waals surface area (Å²) in [6.45, 7) is 0. The van der Waals surface area contributed by atoms with Gasteiger partial charge in [-0.05, 0) is 0 Å². The van der Waals surface area contributed by atoms with E-state index in [9.17, 15) is 0 Å². The first-order valence-electron chi connectivity index (χ1n) is 0.408. The summed E-state index contributed by atoms with van der Waals surface area (Å²) in [4.78, 5) is 0. The zero-order chi connectivity index (χ0) is 2.71. The molecule has 0 aliphatic heterocycles. The van der Waals surface area contributed by atoms with Gasteiger partial charge in [0.1, 0.15) is 0 Å². The molecule has 0 unspecified atom stereocenters. The van der Waals surface area contributed by atoms with Crippen LogP contribution >= 0.6 is 18.6 Å². The normalized spacial score (nSPS) is 2.00. The SMILES string of the molecule is [Au].[S]=[Sn]=[S]. The number of hydrogen-bond donors (Lipinski definition) is 0. The summed E-state index contributed by atoms with van der Waals surface area (Å²) in [5.74, 6) is 0. The molecule has 27 valence electrons. The molecule has 0 bridgehead atoms. The van der Waals surface area contributed by atoms with Gasteiger partial charge in [0.15, 0.2) is 0 Å². The van der Waals surface area contributed by atoms with Crippen LogP contribution in [-0.2, 0) is 22.4 Å². The van der Waals surface area contributed by atoms with Gasteiger partial charge in [0.2, 0.25) is 0 Å². The van der Waals surface area contributed by atoms with E-state index in [2.05, 4.69) is 18.6 Å². The molecule has 4 heavy (non-hydrogen) atoms. The summed E-state index contributed by atoms with van der Waals surface area (Å²) in [5.41, 5.74) is 0. The van der Waals surface area contributed by atoms with Gasteiger partial charge >= 0.3 is 35.8 Å². The zero-order valence-electron chi connectivity index (χ0n) is 1.62. The second-order valence-corrected chi connectivity index (χ2v) is 5.03. The van der Waals surface area contributed by atoms with E-state index in [1.807, 2.05) is 0 Å². The molecular weight excluding hydrogens is 380 g/mol. The summed E-state index contributed by atoms with van der Waals surface area (Å²) < 4.78 is 0. The van der Waals surface area contributed by atoms with Crippen LogP contribution in [0.5, 0.6) is 0 Å². The molecule has 0 aromatic carbocycles. The topological polar surface area (TPSA) is 0 Å². The van der Waals surface area contributed by atoms with Crippen LogP contribution in [0.3, 0.4) is 0 Å². The number of hydrogen-bond acceptors (Lipinski definition) is 2. The standard InChI is InChI=1S/Au.2S.Sn. The molecule has 0 heterocycles. The molecule has 0 fully saturated rings. The van der Waals surface area contributed by atoms with E-state index in [1.165, 1.54) is 0 Å². The molecule has 0 aromatic heterocycles. The van der Waals surface area contributed by atoms with Gasteiger partial charge in [-0.25, -0.2) is 0 Å². The fourth-order valence-electron chi connectivity index (χ4n) is 0. The summed E-state index contributed by atoms with van der Waals surface area (Å²) in [6, 6.07) is 0. The van der Waals surface area contributed by atoms with E-state index in [1.54, 1.807) is 0 Å². The monoisotopic (exact) mass is 381 g/mol. The van der Waals surface area contributed by atoms with E-state index >= 15 is 0 Å². The third kappa shape index (κ3) is 9.02. The molecule has 0 amide bonds. The van der Waals surface area contributed by atoms with Crippen molar-refractivity contribution in [3.8, 4) is 0 Å². The first-order chi connectivity index (χ1) is 1.41. The second kappa shape index (κ2) is 8.88. The van der Waals surface area contributed by atoms with Crippen molar-refractivity contribution >= 4 is 35.8 Å². The van der Waals surface area contributed by atoms with Crippen LogP contribution in [-0.4, -0.2) is 17.3 Å². The first kappa shape index (κ1) is 9.36. The molecule has 0 spiro atoms. The van der Waals surface area contributed by atoms with E-state index in [-0.39, 0.29) is 22.4 Å². The van der Waals surface area contributed by atoms with Crippen molar-refractivity contribution in [2.45, 2.75) is 0 Å². The van der Waals surface area contributed by atoms with Gasteiger partial charge in [0.05, 0.1) is 0 Å². The Kier molecular flexibility index (Phi) is 20.8. The Morgan fingerprint density at radius 2 is 1.25 bits per heavy atom. The van der Waals surface area contributed by atoms with Gasteiger partial charge in [0, 0.05) is 22.4 Å². The second-order valence-electron chi connectivity index (χ2n) is 0.0833. The van der Waals surface area contributed by atoms with E-state index < -0.39 is 17.3 Å². The summed E-state index contributed by atoms with van der Waals surface area (Å²) in [6.07, 6.45) is 0. The molecule has 0 saturated carbocycles. The van der Waals surface area contributed by atoms with Crippen LogP contribution in [0.1, 0.15) is 0 Å². The van der Waals surface area contributed by atoms with Crippen molar-refractivity contribution in [2.75, 3.05) is 0 Å². The van der Waals surface area contributed by atoms with E-state index in [0.29, 0.717) is 0 Å². The Morgan fingerprint density at radius 1 is 1.25 bits per heavy atom. The quantitative estimate of drug-likeness (QED) is 0.574. The average molecular weight is 380 g/mol. The molecule has 4 heteroatoms. The first-order valence-corrected chi connectivity index (χ1v) is 8.22. The van der Waals surface area contributed by atoms with Gasteiger partial charge in [0.25, 0.3) is 0 Å². The molecule has 0 aromatic rings. The van der Waals surface area contributed by atoms with Gasteiger partial charge < -0.3 is 0 Å². The fraction of sp³-hybridized carbons (Fsp3) is 0. The molecule has 0 rings (SSSR count). The van der Waals surface area contributed by atoms with Crippen LogP contribution in [0.4, 0.5) is 0 Å². The van der Waals surface area contributed by atoms with Crippen LogP contribution in [0, 0.1) is 0 Å². The summed E-state index contributed by atoms with van der Waals surface area (Å²) in [5, 5.41) is 0. The average Bonchev–Trinajstić information content (AvgIpc) is 0.918. The summed E-state index contributed by atoms with van der Waals surface area (Å²) >= 11 is -0.603. The minimum absolute atomic E-state index is 0. The molecule has 1 radical (unpaired) electrons. The maximum atomic E-state index is 4.38. The molecule has 0 aliphatic rings. The molecule has 0 N–H and O–H groups in total. The molecule has 0 saturated heterocycles. The van der Waals surface area contributed by atoms with Crippen LogP contribution in [0.15, 0.2) is 0 Å². The Labute approximate surface area is 57.4 Å². The Hall–Kier alpha value is 1.98. The fourth-order valence-corrected chi connectivity index (χ4v) is 0. The Balaban J connectivity index is 0. The van der Waals surface area contributed by atoms with Crippen molar-refractivity contribution in [3.05, 3.63) is 0 Å². The van der Waals surface area contributed by atoms with E-state index in [0.717, 1.165) is 0 Å². The van der Waals surface area contributed by atoms with Gasteiger partial charge in [-0.15, -0.1) is 0 Å². The van der Waals surface area contributed by atoms with Crippen molar-refractivity contribution < 1.29 is 22.4 Å². The zero-order valence-corrected chi connectivity index (χ0v) is 8.27. The molecule has 0 aliphatic carbocycles. The van der Waals surface area contributed by atoms with Crippen molar-refractivity contribution in [1.29, 1.82) is 0 Å². The predicted octanol–water partition coefficient (Wildman–Crippen LogP) is 0.913. The Morgan fingerprint density at radius 3 is 1.25 bits per heavy atom. The van der Waals surface area contributed by atoms with Crippen LogP contribution < -0.4 is 0 Å². The third-order valence-corrected chi connectivity index (χ3v) is 0. The Bertz CT molecular complexity index is 27.0. The molecular formula is AuS2Sn. The van der Waals surface area contributed by atoms with Gasteiger partial charge in [-0.1, -0.05) is 0 Å². The van der Waals surface area contributed by atoms with Crippen molar-refractivity contribution in [3.63, 3.8) is 0 Å². The van der Waals surface area contributed by atoms with Crippen molar-refractivity contribution in [2.24, 2.45) is 0 Å². The van der Waals surface area contributed by atoms with Gasteiger partial charge in [-0.2, -0.15) is 0 Å². The van der Waals surface area contributed by atoms with Crippen LogP contribution in [0.2, 0.25) is 0 Å². The minimum atomic E-state index is -0.603. The van der Waals surface area contributed by atoms with Crippen molar-refractivity contribution in [1.82, 2.24) is 0 Å². The molecule has 0 atom stereocenters. The number of rotatable bonds is 0. The van der Waals surface area contributed by atoms with E-state index in [4.69, 9.17) is 0 Å². The van der Waals surface area contributed by atoms with Gasteiger partial charge in [-0.3, -0.25) is 0 Å². The van der Waals surface area contributed by atoms with Crippen LogP contribution in [0.25, 0.3) is 0 Å². The predicted molar refractivity (Wildman–Crippen MR) is 20.9 cm³/mol. The third-order valence-electron chi connectivity index (χ3n) is 0. The maximum absolute atomic E-state index is 4.38.